The molecular weight excluding hydrogens is 421 g/mol. The summed E-state index contributed by atoms with van der Waals surface area (Å²) in [6.07, 6.45) is -0.273. The Hall–Kier alpha value is -3.30. The Kier molecular flexibility index (Phi) is 5.94. The number of alkyl halides is 3. The van der Waals surface area contributed by atoms with E-state index in [0.717, 1.165) is 31.9 Å². The van der Waals surface area contributed by atoms with E-state index in [1.54, 1.807) is 43.4 Å². The molecule has 1 saturated carbocycles. The summed E-state index contributed by atoms with van der Waals surface area (Å²) in [6, 6.07) is 10.5. The van der Waals surface area contributed by atoms with Crippen LogP contribution in [-0.4, -0.2) is 46.5 Å². The standard InChI is InChI=1S/C22H25F3N6O/c1-26-18-6-3-5-16(28-18)21(32)27-14-9-11-15(12-10-14)30(2)20-8-4-7-19-29-17(13-31(19)20)22(23,24)25/h3-8,13-15H,9-12H2,1-2H3,(H,26,28)(H,27,32)/t14-,15+. The van der Waals surface area contributed by atoms with Crippen molar-refractivity contribution in [3.05, 3.63) is 54.0 Å². The largest absolute Gasteiger partial charge is 0.434 e. The number of fused-ring (bicyclic) bond motifs is 1. The molecule has 0 saturated heterocycles. The Morgan fingerprint density at radius 3 is 2.50 bits per heavy atom. The number of pyridine rings is 2. The highest BCUT2D eigenvalue weighted by Gasteiger charge is 2.34. The van der Waals surface area contributed by atoms with Crippen molar-refractivity contribution in [2.75, 3.05) is 24.3 Å². The number of nitrogens with zero attached hydrogens (tertiary/aromatic N) is 4. The molecule has 0 aromatic carbocycles. The Labute approximate surface area is 183 Å². The van der Waals surface area contributed by atoms with E-state index < -0.39 is 11.9 Å². The minimum absolute atomic E-state index is 0.0352. The number of hydrogen-bond donors (Lipinski definition) is 2. The summed E-state index contributed by atoms with van der Waals surface area (Å²) in [5.74, 6) is 1.08. The van der Waals surface area contributed by atoms with Crippen LogP contribution < -0.4 is 15.5 Å². The van der Waals surface area contributed by atoms with Crippen molar-refractivity contribution in [2.45, 2.75) is 43.9 Å². The van der Waals surface area contributed by atoms with Crippen LogP contribution in [-0.2, 0) is 6.18 Å². The maximum atomic E-state index is 13.1. The maximum absolute atomic E-state index is 13.1. The Morgan fingerprint density at radius 2 is 1.81 bits per heavy atom. The van der Waals surface area contributed by atoms with Gasteiger partial charge < -0.3 is 15.5 Å². The lowest BCUT2D eigenvalue weighted by atomic mass is 9.90. The highest BCUT2D eigenvalue weighted by molar-refractivity contribution is 5.92. The van der Waals surface area contributed by atoms with E-state index in [4.69, 9.17) is 0 Å². The molecule has 32 heavy (non-hydrogen) atoms. The summed E-state index contributed by atoms with van der Waals surface area (Å²) in [5.41, 5.74) is -0.275. The molecule has 0 unspecified atom stereocenters. The zero-order chi connectivity index (χ0) is 22.9. The van der Waals surface area contributed by atoms with Gasteiger partial charge in [-0.1, -0.05) is 12.1 Å². The van der Waals surface area contributed by atoms with Crippen molar-refractivity contribution in [3.8, 4) is 0 Å². The van der Waals surface area contributed by atoms with E-state index in [-0.39, 0.29) is 23.6 Å². The molecule has 4 rings (SSSR count). The summed E-state index contributed by atoms with van der Waals surface area (Å²) in [5, 5.41) is 5.96. The molecule has 10 heteroatoms. The second-order valence-electron chi connectivity index (χ2n) is 7.98. The van der Waals surface area contributed by atoms with Crippen molar-refractivity contribution < 1.29 is 18.0 Å². The van der Waals surface area contributed by atoms with E-state index in [9.17, 15) is 18.0 Å². The van der Waals surface area contributed by atoms with E-state index in [0.29, 0.717) is 17.3 Å². The van der Waals surface area contributed by atoms with E-state index >= 15 is 0 Å². The van der Waals surface area contributed by atoms with Crippen LogP contribution in [0.3, 0.4) is 0 Å². The normalized spacial score (nSPS) is 19.0. The molecule has 1 fully saturated rings. The van der Waals surface area contributed by atoms with Crippen molar-refractivity contribution in [3.63, 3.8) is 0 Å². The molecule has 2 N–H and O–H groups in total. The first-order valence-electron chi connectivity index (χ1n) is 10.5. The molecule has 0 aliphatic heterocycles. The Bertz CT molecular complexity index is 1100. The van der Waals surface area contributed by atoms with Crippen LogP contribution in [0.25, 0.3) is 5.65 Å². The Balaban J connectivity index is 1.41. The molecular formula is C22H25F3N6O. The number of hydrogen-bond acceptors (Lipinski definition) is 5. The number of halogens is 3. The lowest BCUT2D eigenvalue weighted by molar-refractivity contribution is -0.140. The predicted molar refractivity (Wildman–Crippen MR) is 116 cm³/mol. The van der Waals surface area contributed by atoms with Gasteiger partial charge in [-0.2, -0.15) is 13.2 Å². The number of amides is 1. The zero-order valence-corrected chi connectivity index (χ0v) is 17.9. The summed E-state index contributed by atoms with van der Waals surface area (Å²) in [7, 11) is 3.63. The van der Waals surface area contributed by atoms with Crippen LogP contribution in [0, 0.1) is 0 Å². The second kappa shape index (κ2) is 8.68. The Morgan fingerprint density at radius 1 is 1.09 bits per heavy atom. The zero-order valence-electron chi connectivity index (χ0n) is 17.9. The van der Waals surface area contributed by atoms with Gasteiger partial charge in [0.05, 0.1) is 0 Å². The minimum atomic E-state index is -4.49. The third-order valence-electron chi connectivity index (χ3n) is 5.94. The number of carbonyl (C=O) groups excluding carboxylic acids is 1. The molecule has 0 spiro atoms. The van der Waals surface area contributed by atoms with Gasteiger partial charge in [-0.15, -0.1) is 0 Å². The average molecular weight is 446 g/mol. The fraction of sp³-hybridized carbons (Fsp3) is 0.409. The minimum Gasteiger partial charge on any atom is -0.373 e. The lowest BCUT2D eigenvalue weighted by Gasteiger charge is -2.36. The number of rotatable bonds is 5. The van der Waals surface area contributed by atoms with Crippen LogP contribution in [0.2, 0.25) is 0 Å². The topological polar surface area (TPSA) is 74.6 Å². The quantitative estimate of drug-likeness (QED) is 0.621. The van der Waals surface area contributed by atoms with E-state index in [2.05, 4.69) is 20.6 Å². The van der Waals surface area contributed by atoms with E-state index in [1.165, 1.54) is 4.40 Å². The van der Waals surface area contributed by atoms with Crippen molar-refractivity contribution in [2.24, 2.45) is 0 Å². The summed E-state index contributed by atoms with van der Waals surface area (Å²) < 4.78 is 40.8. The molecule has 0 radical (unpaired) electrons. The fourth-order valence-corrected chi connectivity index (χ4v) is 4.17. The molecule has 0 bridgehead atoms. The summed E-state index contributed by atoms with van der Waals surface area (Å²) >= 11 is 0. The van der Waals surface area contributed by atoms with Crippen LogP contribution in [0.15, 0.2) is 42.6 Å². The lowest BCUT2D eigenvalue weighted by Crippen LogP contribution is -2.43. The van der Waals surface area contributed by atoms with E-state index in [1.807, 2.05) is 11.9 Å². The van der Waals surface area contributed by atoms with Gasteiger partial charge in [0.25, 0.3) is 5.91 Å². The molecule has 3 heterocycles. The monoisotopic (exact) mass is 446 g/mol. The number of imidazole rings is 1. The molecule has 7 nitrogen and oxygen atoms in total. The van der Waals surface area contributed by atoms with Gasteiger partial charge in [0.2, 0.25) is 0 Å². The van der Waals surface area contributed by atoms with Gasteiger partial charge in [-0.3, -0.25) is 9.20 Å². The van der Waals surface area contributed by atoms with Gasteiger partial charge in [0, 0.05) is 32.4 Å². The third kappa shape index (κ3) is 4.49. The number of aromatic nitrogens is 3. The molecule has 3 aromatic rings. The van der Waals surface area contributed by atoms with Crippen molar-refractivity contribution in [1.29, 1.82) is 0 Å². The van der Waals surface area contributed by atoms with Gasteiger partial charge in [0.15, 0.2) is 5.69 Å². The number of carbonyl (C=O) groups is 1. The first-order chi connectivity index (χ1) is 15.3. The number of nitrogens with one attached hydrogen (secondary N) is 2. The molecule has 3 aromatic heterocycles. The SMILES string of the molecule is CNc1cccc(C(=O)N[C@H]2CC[C@@H](N(C)c3cccc4nc(C(F)(F)F)cn34)CC2)n1. The third-order valence-corrected chi connectivity index (χ3v) is 5.94. The molecule has 1 aliphatic carbocycles. The maximum Gasteiger partial charge on any atom is 0.434 e. The van der Waals surface area contributed by atoms with Gasteiger partial charge in [-0.25, -0.2) is 9.97 Å². The fourth-order valence-electron chi connectivity index (χ4n) is 4.17. The molecule has 1 aliphatic rings. The van der Waals surface area contributed by atoms with Gasteiger partial charge >= 0.3 is 6.18 Å². The van der Waals surface area contributed by atoms with Gasteiger partial charge in [0.1, 0.15) is 23.0 Å². The smallest absolute Gasteiger partial charge is 0.373 e. The molecule has 0 atom stereocenters. The van der Waals surface area contributed by atoms with Crippen LogP contribution in [0.5, 0.6) is 0 Å². The van der Waals surface area contributed by atoms with Crippen LogP contribution >= 0.6 is 0 Å². The second-order valence-corrected chi connectivity index (χ2v) is 7.98. The predicted octanol–water partition coefficient (Wildman–Crippen LogP) is 3.97. The van der Waals surface area contributed by atoms with Crippen molar-refractivity contribution >= 4 is 23.2 Å². The van der Waals surface area contributed by atoms with Crippen molar-refractivity contribution in [1.82, 2.24) is 19.7 Å². The highest BCUT2D eigenvalue weighted by Crippen LogP contribution is 2.31. The first-order valence-corrected chi connectivity index (χ1v) is 10.5. The average Bonchev–Trinajstić information content (AvgIpc) is 3.24. The summed E-state index contributed by atoms with van der Waals surface area (Å²) in [6.45, 7) is 0. The number of anilines is 2. The van der Waals surface area contributed by atoms with Gasteiger partial charge in [-0.05, 0) is 49.9 Å². The first kappa shape index (κ1) is 21.9. The molecule has 170 valence electrons. The molecule has 1 amide bonds. The van der Waals surface area contributed by atoms with Crippen LogP contribution in [0.4, 0.5) is 24.8 Å². The summed E-state index contributed by atoms with van der Waals surface area (Å²) in [4.78, 5) is 22.5. The highest BCUT2D eigenvalue weighted by atomic mass is 19.4. The van der Waals surface area contributed by atoms with Crippen LogP contribution in [0.1, 0.15) is 41.9 Å².